The number of ether oxygens (including phenoxy) is 2. The van der Waals surface area contributed by atoms with E-state index in [-0.39, 0.29) is 11.7 Å². The van der Waals surface area contributed by atoms with Crippen LogP contribution in [0.25, 0.3) is 0 Å². The largest absolute Gasteiger partial charge is 0.379 e. The molecule has 1 unspecified atom stereocenters. The number of methoxy groups -OCH3 is 1. The van der Waals surface area contributed by atoms with Crippen LogP contribution in [0.3, 0.4) is 0 Å². The monoisotopic (exact) mass is 334 g/mol. The molecule has 0 saturated carbocycles. The Hall–Kier alpha value is -0.0900. The Kier molecular flexibility index (Phi) is 6.64. The molecule has 1 aromatic rings. The van der Waals surface area contributed by atoms with Crippen molar-refractivity contribution in [3.05, 3.63) is 34.9 Å². The molecule has 18 heavy (non-hydrogen) atoms. The van der Waals surface area contributed by atoms with Crippen LogP contribution in [-0.2, 0) is 9.47 Å². The minimum atomic E-state index is -0.148. The molecule has 0 aromatic heterocycles. The van der Waals surface area contributed by atoms with Gasteiger partial charge in [-0.25, -0.2) is 0 Å². The maximum atomic E-state index is 5.98. The summed E-state index contributed by atoms with van der Waals surface area (Å²) in [5.41, 5.74) is 0.945. The first-order valence-electron chi connectivity index (χ1n) is 5.96. The summed E-state index contributed by atoms with van der Waals surface area (Å²) in [6.45, 7) is 4.77. The first kappa shape index (κ1) is 16.0. The zero-order valence-corrected chi connectivity index (χ0v) is 13.4. The van der Waals surface area contributed by atoms with E-state index in [2.05, 4.69) is 29.8 Å². The van der Waals surface area contributed by atoms with E-state index in [9.17, 15) is 0 Å². The van der Waals surface area contributed by atoms with Crippen molar-refractivity contribution >= 4 is 27.5 Å². The lowest BCUT2D eigenvalue weighted by Gasteiger charge is -2.24. The van der Waals surface area contributed by atoms with Crippen molar-refractivity contribution in [1.29, 1.82) is 0 Å². The summed E-state index contributed by atoms with van der Waals surface area (Å²) >= 11 is 9.46. The topological polar surface area (TPSA) is 18.5 Å². The molecule has 102 valence electrons. The predicted molar refractivity (Wildman–Crippen MR) is 79.6 cm³/mol. The van der Waals surface area contributed by atoms with Crippen molar-refractivity contribution in [2.75, 3.05) is 19.0 Å². The molecule has 0 aliphatic rings. The SMILES string of the molecule is COC(C)(C)CCOC(CBr)c1cccc(Cl)c1. The van der Waals surface area contributed by atoms with Gasteiger partial charge in [-0.15, -0.1) is 0 Å². The molecule has 1 aromatic carbocycles. The van der Waals surface area contributed by atoms with Gasteiger partial charge in [-0.3, -0.25) is 0 Å². The molecule has 0 radical (unpaired) electrons. The molecule has 0 aliphatic carbocycles. The van der Waals surface area contributed by atoms with Crippen molar-refractivity contribution in [3.63, 3.8) is 0 Å². The highest BCUT2D eigenvalue weighted by Crippen LogP contribution is 2.24. The molecule has 0 aliphatic heterocycles. The van der Waals surface area contributed by atoms with Crippen LogP contribution >= 0.6 is 27.5 Å². The fourth-order valence-electron chi connectivity index (χ4n) is 1.49. The summed E-state index contributed by atoms with van der Waals surface area (Å²) < 4.78 is 11.2. The maximum absolute atomic E-state index is 5.98. The molecule has 0 amide bonds. The number of benzene rings is 1. The second-order valence-electron chi connectivity index (χ2n) is 4.78. The number of hydrogen-bond donors (Lipinski definition) is 0. The highest BCUT2D eigenvalue weighted by Gasteiger charge is 2.18. The molecule has 4 heteroatoms. The summed E-state index contributed by atoms with van der Waals surface area (Å²) in [5.74, 6) is 0. The van der Waals surface area contributed by atoms with Crippen molar-refractivity contribution < 1.29 is 9.47 Å². The Bertz CT molecular complexity index is 369. The molecule has 0 fully saturated rings. The van der Waals surface area contributed by atoms with Gasteiger partial charge in [0.1, 0.15) is 0 Å². The van der Waals surface area contributed by atoms with Crippen LogP contribution in [0.4, 0.5) is 0 Å². The van der Waals surface area contributed by atoms with Gasteiger partial charge in [-0.2, -0.15) is 0 Å². The van der Waals surface area contributed by atoms with E-state index in [1.54, 1.807) is 7.11 Å². The van der Waals surface area contributed by atoms with Gasteiger partial charge in [0.25, 0.3) is 0 Å². The minimum Gasteiger partial charge on any atom is -0.379 e. The predicted octanol–water partition coefficient (Wildman–Crippen LogP) is 4.61. The van der Waals surface area contributed by atoms with Crippen molar-refractivity contribution in [3.8, 4) is 0 Å². The second kappa shape index (κ2) is 7.49. The zero-order chi connectivity index (χ0) is 13.6. The van der Waals surface area contributed by atoms with Crippen LogP contribution in [0.2, 0.25) is 5.02 Å². The fraction of sp³-hybridized carbons (Fsp3) is 0.571. The lowest BCUT2D eigenvalue weighted by molar-refractivity contribution is -0.0228. The van der Waals surface area contributed by atoms with Crippen LogP contribution in [0, 0.1) is 0 Å². The molecule has 1 atom stereocenters. The Morgan fingerprint density at radius 3 is 2.67 bits per heavy atom. The van der Waals surface area contributed by atoms with E-state index >= 15 is 0 Å². The molecule has 0 heterocycles. The molecule has 0 bridgehead atoms. The molecule has 1 rings (SSSR count). The van der Waals surface area contributed by atoms with E-state index in [4.69, 9.17) is 21.1 Å². The Morgan fingerprint density at radius 2 is 2.11 bits per heavy atom. The van der Waals surface area contributed by atoms with Crippen LogP contribution in [0.5, 0.6) is 0 Å². The third-order valence-electron chi connectivity index (χ3n) is 2.94. The molecule has 0 N–H and O–H groups in total. The van der Waals surface area contributed by atoms with Crippen LogP contribution in [-0.4, -0.2) is 24.6 Å². The minimum absolute atomic E-state index is 0.0244. The van der Waals surface area contributed by atoms with Crippen molar-refractivity contribution in [1.82, 2.24) is 0 Å². The van der Waals surface area contributed by atoms with Crippen molar-refractivity contribution in [2.45, 2.75) is 32.0 Å². The fourth-order valence-corrected chi connectivity index (χ4v) is 2.25. The summed E-state index contributed by atoms with van der Waals surface area (Å²) in [6, 6.07) is 7.77. The van der Waals surface area contributed by atoms with E-state index in [0.29, 0.717) is 6.61 Å². The first-order valence-corrected chi connectivity index (χ1v) is 7.46. The summed E-state index contributed by atoms with van der Waals surface area (Å²) in [5, 5.41) is 1.49. The van der Waals surface area contributed by atoms with E-state index in [0.717, 1.165) is 22.3 Å². The lowest BCUT2D eigenvalue weighted by Crippen LogP contribution is -2.25. The average Bonchev–Trinajstić information content (AvgIpc) is 2.34. The van der Waals surface area contributed by atoms with Gasteiger partial charge in [0, 0.05) is 17.5 Å². The molecule has 0 spiro atoms. The summed E-state index contributed by atoms with van der Waals surface area (Å²) in [7, 11) is 1.72. The normalized spacial score (nSPS) is 13.6. The van der Waals surface area contributed by atoms with Crippen molar-refractivity contribution in [2.24, 2.45) is 0 Å². The highest BCUT2D eigenvalue weighted by atomic mass is 79.9. The van der Waals surface area contributed by atoms with E-state index in [1.807, 2.05) is 24.3 Å². The summed E-state index contributed by atoms with van der Waals surface area (Å²) in [6.07, 6.45) is 0.879. The van der Waals surface area contributed by atoms with Gasteiger partial charge < -0.3 is 9.47 Å². The van der Waals surface area contributed by atoms with Gasteiger partial charge >= 0.3 is 0 Å². The number of alkyl halides is 1. The van der Waals surface area contributed by atoms with Gasteiger partial charge in [-0.1, -0.05) is 39.7 Å². The Balaban J connectivity index is 2.53. The van der Waals surface area contributed by atoms with E-state index in [1.165, 1.54) is 0 Å². The first-order chi connectivity index (χ1) is 8.48. The van der Waals surface area contributed by atoms with Gasteiger partial charge in [0.2, 0.25) is 0 Å². The molecule has 0 saturated heterocycles. The molecular weight excluding hydrogens is 316 g/mol. The van der Waals surface area contributed by atoms with Crippen LogP contribution in [0.15, 0.2) is 24.3 Å². The second-order valence-corrected chi connectivity index (χ2v) is 5.87. The summed E-state index contributed by atoms with van der Waals surface area (Å²) in [4.78, 5) is 0. The average molecular weight is 336 g/mol. The van der Waals surface area contributed by atoms with Crippen LogP contribution < -0.4 is 0 Å². The third kappa shape index (κ3) is 5.27. The number of halogens is 2. The number of rotatable bonds is 7. The number of hydrogen-bond acceptors (Lipinski definition) is 2. The standard InChI is InChI=1S/C14H20BrClO2/c1-14(2,17-3)7-8-18-13(10-15)11-5-4-6-12(16)9-11/h4-6,9,13H,7-8,10H2,1-3H3. The quantitative estimate of drug-likeness (QED) is 0.678. The van der Waals surface area contributed by atoms with E-state index < -0.39 is 0 Å². The van der Waals surface area contributed by atoms with Crippen LogP contribution in [0.1, 0.15) is 31.9 Å². The van der Waals surface area contributed by atoms with Gasteiger partial charge in [0.15, 0.2) is 0 Å². The molecular formula is C14H20BrClO2. The maximum Gasteiger partial charge on any atom is 0.0922 e. The smallest absolute Gasteiger partial charge is 0.0922 e. The molecule has 2 nitrogen and oxygen atoms in total. The lowest BCUT2D eigenvalue weighted by atomic mass is 10.1. The zero-order valence-electron chi connectivity index (χ0n) is 11.1. The third-order valence-corrected chi connectivity index (χ3v) is 3.76. The Morgan fingerprint density at radius 1 is 1.39 bits per heavy atom. The Labute approximate surface area is 123 Å². The highest BCUT2D eigenvalue weighted by molar-refractivity contribution is 9.09. The van der Waals surface area contributed by atoms with Gasteiger partial charge in [-0.05, 0) is 38.0 Å². The van der Waals surface area contributed by atoms with Gasteiger partial charge in [0.05, 0.1) is 18.3 Å².